The molecule has 3 heteroatoms. The van der Waals surface area contributed by atoms with Gasteiger partial charge in [0.2, 0.25) is 0 Å². The van der Waals surface area contributed by atoms with Crippen molar-refractivity contribution >= 4 is 11.8 Å². The van der Waals surface area contributed by atoms with Crippen LogP contribution in [0, 0.1) is 5.92 Å². The zero-order valence-corrected chi connectivity index (χ0v) is 18.5. The number of hydrogen-bond acceptors (Lipinski definition) is 3. The molecule has 162 valence electrons. The molecule has 0 saturated heterocycles. The first kappa shape index (κ1) is 23.9. The van der Waals surface area contributed by atoms with Crippen LogP contribution in [0.3, 0.4) is 0 Å². The van der Waals surface area contributed by atoms with E-state index in [1.54, 1.807) is 0 Å². The van der Waals surface area contributed by atoms with Crippen LogP contribution in [0.25, 0.3) is 0 Å². The summed E-state index contributed by atoms with van der Waals surface area (Å²) in [6.07, 6.45) is 18.5. The SMILES string of the molecule is CCCCCC(=O)/C=C/[C@H]1C(C/C=C\CCCC(=O)OC)=CCC1c1ccccc1. The van der Waals surface area contributed by atoms with Crippen LogP contribution in [0.1, 0.15) is 76.2 Å². The van der Waals surface area contributed by atoms with Gasteiger partial charge in [-0.25, -0.2) is 0 Å². The van der Waals surface area contributed by atoms with Gasteiger partial charge >= 0.3 is 5.97 Å². The molecule has 0 radical (unpaired) electrons. The molecule has 0 N–H and O–H groups in total. The second-order valence-electron chi connectivity index (χ2n) is 7.98. The summed E-state index contributed by atoms with van der Waals surface area (Å²) in [5, 5.41) is 0. The summed E-state index contributed by atoms with van der Waals surface area (Å²) in [6, 6.07) is 10.6. The quantitative estimate of drug-likeness (QED) is 0.158. The summed E-state index contributed by atoms with van der Waals surface area (Å²) in [5.41, 5.74) is 2.71. The molecule has 2 atom stereocenters. The molecule has 0 bridgehead atoms. The summed E-state index contributed by atoms with van der Waals surface area (Å²) in [7, 11) is 1.43. The molecule has 1 unspecified atom stereocenters. The van der Waals surface area contributed by atoms with Crippen molar-refractivity contribution in [2.45, 2.75) is 70.6 Å². The average Bonchev–Trinajstić information content (AvgIpc) is 3.18. The highest BCUT2D eigenvalue weighted by Crippen LogP contribution is 2.41. The van der Waals surface area contributed by atoms with E-state index in [1.165, 1.54) is 18.2 Å². The Morgan fingerprint density at radius 3 is 2.60 bits per heavy atom. The molecular weight excluding hydrogens is 372 g/mol. The number of carbonyl (C=O) groups excluding carboxylic acids is 2. The maximum atomic E-state index is 12.3. The summed E-state index contributed by atoms with van der Waals surface area (Å²) in [5.74, 6) is 0.747. The zero-order valence-electron chi connectivity index (χ0n) is 18.5. The Labute approximate surface area is 181 Å². The number of methoxy groups -OCH3 is 1. The van der Waals surface area contributed by atoms with Gasteiger partial charge < -0.3 is 4.74 Å². The molecule has 0 aromatic heterocycles. The van der Waals surface area contributed by atoms with Gasteiger partial charge in [0, 0.05) is 18.8 Å². The second kappa shape index (κ2) is 13.7. The maximum absolute atomic E-state index is 12.3. The van der Waals surface area contributed by atoms with Crippen molar-refractivity contribution in [1.29, 1.82) is 0 Å². The topological polar surface area (TPSA) is 43.4 Å². The Morgan fingerprint density at radius 2 is 1.87 bits per heavy atom. The van der Waals surface area contributed by atoms with Gasteiger partial charge in [-0.3, -0.25) is 9.59 Å². The fourth-order valence-electron chi connectivity index (χ4n) is 3.99. The lowest BCUT2D eigenvalue weighted by Crippen LogP contribution is -2.08. The standard InChI is InChI=1S/C27H36O3/c1-3-4-8-16-24(28)19-21-26-23(15-9-5-6-12-17-27(29)30-2)18-20-25(26)22-13-10-7-11-14-22/h5,7,9-11,13-14,18-19,21,25-26H,3-4,6,8,12,15-17,20H2,1-2H3/b9-5-,21-19+/t25?,26-/m0/s1. The van der Waals surface area contributed by atoms with Crippen LogP contribution in [0.2, 0.25) is 0 Å². The highest BCUT2D eigenvalue weighted by atomic mass is 16.5. The largest absolute Gasteiger partial charge is 0.469 e. The van der Waals surface area contributed by atoms with E-state index in [1.807, 2.05) is 12.1 Å². The van der Waals surface area contributed by atoms with Gasteiger partial charge in [0.25, 0.3) is 0 Å². The number of ketones is 1. The first-order valence-corrected chi connectivity index (χ1v) is 11.3. The molecular formula is C27H36O3. The van der Waals surface area contributed by atoms with E-state index in [-0.39, 0.29) is 17.7 Å². The van der Waals surface area contributed by atoms with Crippen LogP contribution in [-0.2, 0) is 14.3 Å². The Morgan fingerprint density at radius 1 is 1.07 bits per heavy atom. The van der Waals surface area contributed by atoms with Gasteiger partial charge in [-0.1, -0.05) is 80.0 Å². The first-order valence-electron chi connectivity index (χ1n) is 11.3. The minimum atomic E-state index is -0.151. The number of unbranched alkanes of at least 4 members (excludes halogenated alkanes) is 3. The van der Waals surface area contributed by atoms with E-state index in [4.69, 9.17) is 0 Å². The van der Waals surface area contributed by atoms with Gasteiger partial charge in [-0.05, 0) is 49.7 Å². The minimum Gasteiger partial charge on any atom is -0.469 e. The monoisotopic (exact) mass is 408 g/mol. The predicted octanol–water partition coefficient (Wildman–Crippen LogP) is 6.71. The summed E-state index contributed by atoms with van der Waals surface area (Å²) in [6.45, 7) is 2.16. The van der Waals surface area contributed by atoms with E-state index in [0.29, 0.717) is 18.8 Å². The van der Waals surface area contributed by atoms with E-state index >= 15 is 0 Å². The number of esters is 1. The van der Waals surface area contributed by atoms with Crippen molar-refractivity contribution in [3.05, 3.63) is 71.8 Å². The number of ether oxygens (including phenoxy) is 1. The molecule has 0 heterocycles. The number of benzene rings is 1. The molecule has 0 fully saturated rings. The van der Waals surface area contributed by atoms with Crippen LogP contribution in [0.15, 0.2) is 66.3 Å². The normalized spacial score (nSPS) is 18.8. The average molecular weight is 409 g/mol. The predicted molar refractivity (Wildman–Crippen MR) is 123 cm³/mol. The van der Waals surface area contributed by atoms with Gasteiger partial charge in [-0.2, -0.15) is 0 Å². The van der Waals surface area contributed by atoms with Gasteiger partial charge in [0.1, 0.15) is 0 Å². The van der Waals surface area contributed by atoms with Crippen LogP contribution in [0.5, 0.6) is 0 Å². The third-order valence-corrected chi connectivity index (χ3v) is 5.74. The molecule has 0 saturated carbocycles. The highest BCUT2D eigenvalue weighted by molar-refractivity contribution is 5.89. The van der Waals surface area contributed by atoms with Gasteiger partial charge in [0.15, 0.2) is 5.78 Å². The van der Waals surface area contributed by atoms with Crippen molar-refractivity contribution in [1.82, 2.24) is 0 Å². The third-order valence-electron chi connectivity index (χ3n) is 5.74. The third kappa shape index (κ3) is 8.14. The van der Waals surface area contributed by atoms with E-state index in [0.717, 1.165) is 44.9 Å². The molecule has 3 nitrogen and oxygen atoms in total. The lowest BCUT2D eigenvalue weighted by atomic mass is 9.84. The smallest absolute Gasteiger partial charge is 0.305 e. The molecule has 1 aromatic rings. The van der Waals surface area contributed by atoms with Crippen LogP contribution >= 0.6 is 0 Å². The maximum Gasteiger partial charge on any atom is 0.305 e. The Hall–Kier alpha value is -2.42. The molecule has 0 spiro atoms. The molecule has 30 heavy (non-hydrogen) atoms. The van der Waals surface area contributed by atoms with Crippen LogP contribution < -0.4 is 0 Å². The molecule has 1 aromatic carbocycles. The van der Waals surface area contributed by atoms with Crippen molar-refractivity contribution in [3.8, 4) is 0 Å². The lowest BCUT2D eigenvalue weighted by Gasteiger charge is -2.20. The number of rotatable bonds is 13. The van der Waals surface area contributed by atoms with E-state index in [2.05, 4.69) is 60.2 Å². The molecule has 1 aliphatic carbocycles. The summed E-state index contributed by atoms with van der Waals surface area (Å²) >= 11 is 0. The Bertz CT molecular complexity index is 743. The van der Waals surface area contributed by atoms with Crippen molar-refractivity contribution in [2.75, 3.05) is 7.11 Å². The fraction of sp³-hybridized carbons (Fsp3) is 0.481. The number of carbonyl (C=O) groups is 2. The van der Waals surface area contributed by atoms with Crippen LogP contribution in [0.4, 0.5) is 0 Å². The van der Waals surface area contributed by atoms with Crippen molar-refractivity contribution in [3.63, 3.8) is 0 Å². The fourth-order valence-corrected chi connectivity index (χ4v) is 3.99. The van der Waals surface area contributed by atoms with Gasteiger partial charge in [0.05, 0.1) is 7.11 Å². The van der Waals surface area contributed by atoms with E-state index in [9.17, 15) is 9.59 Å². The minimum absolute atomic E-state index is 0.151. The molecule has 0 aliphatic heterocycles. The zero-order chi connectivity index (χ0) is 21.6. The first-order chi connectivity index (χ1) is 14.7. The summed E-state index contributed by atoms with van der Waals surface area (Å²) in [4.78, 5) is 23.5. The molecule has 2 rings (SSSR count). The number of allylic oxidation sites excluding steroid dienone is 6. The lowest BCUT2D eigenvalue weighted by molar-refractivity contribution is -0.140. The van der Waals surface area contributed by atoms with Gasteiger partial charge in [-0.15, -0.1) is 0 Å². The van der Waals surface area contributed by atoms with Crippen molar-refractivity contribution in [2.24, 2.45) is 5.92 Å². The van der Waals surface area contributed by atoms with Crippen molar-refractivity contribution < 1.29 is 14.3 Å². The van der Waals surface area contributed by atoms with Crippen LogP contribution in [-0.4, -0.2) is 18.9 Å². The Balaban J connectivity index is 1.97. The highest BCUT2D eigenvalue weighted by Gasteiger charge is 2.28. The van der Waals surface area contributed by atoms with E-state index < -0.39 is 0 Å². The Kier molecular flexibility index (Phi) is 10.9. The molecule has 0 amide bonds. The molecule has 1 aliphatic rings. The second-order valence-corrected chi connectivity index (χ2v) is 7.98. The summed E-state index contributed by atoms with van der Waals surface area (Å²) < 4.78 is 4.68. The number of hydrogen-bond donors (Lipinski definition) is 0.